The predicted molar refractivity (Wildman–Crippen MR) is 83.2 cm³/mol. The molecule has 0 spiro atoms. The number of aryl methyl sites for hydroxylation is 1. The lowest BCUT2D eigenvalue weighted by molar-refractivity contribution is -0.119. The van der Waals surface area contributed by atoms with Crippen molar-refractivity contribution in [3.05, 3.63) is 29.8 Å². The highest BCUT2D eigenvalue weighted by molar-refractivity contribution is 5.96. The first-order valence-corrected chi connectivity index (χ1v) is 7.31. The number of hydrogen-bond donors (Lipinski definition) is 2. The van der Waals surface area contributed by atoms with Gasteiger partial charge in [0.1, 0.15) is 6.04 Å². The number of ether oxygens (including phenoxy) is 1. The molecule has 5 heteroatoms. The molecule has 0 bridgehead atoms. The molecule has 0 aliphatic heterocycles. The largest absolute Gasteiger partial charge is 0.450 e. The maximum absolute atomic E-state index is 12.3. The molecule has 1 atom stereocenters. The summed E-state index contributed by atoms with van der Waals surface area (Å²) in [6.45, 7) is 7.81. The standard InChI is InChI=1S/C16H24N2O3/c1-5-12-7-9-13(10-8-12)17-15(19)14(11(3)4)18-16(20)21-6-2/h7-11,14H,5-6H2,1-4H3,(H,17,19)(H,18,20)/t14-/m1/s1. The van der Waals surface area contributed by atoms with E-state index in [9.17, 15) is 9.59 Å². The molecule has 0 aliphatic carbocycles. The average Bonchev–Trinajstić information content (AvgIpc) is 2.45. The zero-order valence-corrected chi connectivity index (χ0v) is 13.1. The smallest absolute Gasteiger partial charge is 0.407 e. The van der Waals surface area contributed by atoms with Crippen molar-refractivity contribution in [3.8, 4) is 0 Å². The molecule has 0 aromatic heterocycles. The molecule has 0 heterocycles. The van der Waals surface area contributed by atoms with Crippen LogP contribution in [0.2, 0.25) is 0 Å². The Kier molecular flexibility index (Phi) is 6.72. The quantitative estimate of drug-likeness (QED) is 0.847. The van der Waals surface area contributed by atoms with Crippen molar-refractivity contribution in [1.29, 1.82) is 0 Å². The van der Waals surface area contributed by atoms with E-state index in [0.717, 1.165) is 6.42 Å². The van der Waals surface area contributed by atoms with Crippen molar-refractivity contribution in [3.63, 3.8) is 0 Å². The topological polar surface area (TPSA) is 67.4 Å². The summed E-state index contributed by atoms with van der Waals surface area (Å²) in [6.07, 6.45) is 0.375. The predicted octanol–water partition coefficient (Wildman–Crippen LogP) is 2.96. The van der Waals surface area contributed by atoms with E-state index >= 15 is 0 Å². The Hall–Kier alpha value is -2.04. The minimum absolute atomic E-state index is 0.0377. The van der Waals surface area contributed by atoms with Crippen LogP contribution in [0.25, 0.3) is 0 Å². The first-order chi connectivity index (χ1) is 9.97. The number of alkyl carbamates (subject to hydrolysis) is 1. The summed E-state index contributed by atoms with van der Waals surface area (Å²) in [5.41, 5.74) is 1.92. The van der Waals surface area contributed by atoms with Crippen LogP contribution in [0.4, 0.5) is 10.5 Å². The molecule has 1 aromatic carbocycles. The van der Waals surface area contributed by atoms with Crippen LogP contribution in [0.1, 0.15) is 33.3 Å². The zero-order chi connectivity index (χ0) is 15.8. The maximum atomic E-state index is 12.3. The zero-order valence-electron chi connectivity index (χ0n) is 13.1. The lowest BCUT2D eigenvalue weighted by Crippen LogP contribution is -2.47. The Labute approximate surface area is 126 Å². The van der Waals surface area contributed by atoms with Crippen LogP contribution in [-0.2, 0) is 16.0 Å². The van der Waals surface area contributed by atoms with E-state index in [1.165, 1.54) is 5.56 Å². The van der Waals surface area contributed by atoms with Crippen LogP contribution >= 0.6 is 0 Å². The second kappa shape index (κ2) is 8.29. The third-order valence-electron chi connectivity index (χ3n) is 3.13. The second-order valence-electron chi connectivity index (χ2n) is 5.13. The second-order valence-corrected chi connectivity index (χ2v) is 5.13. The first-order valence-electron chi connectivity index (χ1n) is 7.31. The number of anilines is 1. The number of hydrogen-bond acceptors (Lipinski definition) is 3. The fourth-order valence-electron chi connectivity index (χ4n) is 1.88. The van der Waals surface area contributed by atoms with E-state index in [0.29, 0.717) is 5.69 Å². The van der Waals surface area contributed by atoms with E-state index in [1.54, 1.807) is 6.92 Å². The van der Waals surface area contributed by atoms with E-state index in [4.69, 9.17) is 4.74 Å². The van der Waals surface area contributed by atoms with Crippen LogP contribution in [0.5, 0.6) is 0 Å². The normalized spacial score (nSPS) is 11.9. The van der Waals surface area contributed by atoms with Gasteiger partial charge in [-0.2, -0.15) is 0 Å². The summed E-state index contributed by atoms with van der Waals surface area (Å²) < 4.78 is 4.82. The molecule has 2 amide bonds. The summed E-state index contributed by atoms with van der Waals surface area (Å²) >= 11 is 0. The number of rotatable bonds is 6. The molecular formula is C16H24N2O3. The molecule has 2 N–H and O–H groups in total. The Morgan fingerprint density at radius 1 is 1.14 bits per heavy atom. The third-order valence-corrected chi connectivity index (χ3v) is 3.13. The lowest BCUT2D eigenvalue weighted by Gasteiger charge is -2.21. The van der Waals surface area contributed by atoms with Crippen LogP contribution in [0.3, 0.4) is 0 Å². The van der Waals surface area contributed by atoms with Gasteiger partial charge in [-0.25, -0.2) is 4.79 Å². The summed E-state index contributed by atoms with van der Waals surface area (Å²) in [4.78, 5) is 23.8. The Balaban J connectivity index is 2.69. The summed E-state index contributed by atoms with van der Waals surface area (Å²) in [6, 6.07) is 7.03. The van der Waals surface area contributed by atoms with Crippen LogP contribution in [0.15, 0.2) is 24.3 Å². The van der Waals surface area contributed by atoms with Crippen LogP contribution in [-0.4, -0.2) is 24.6 Å². The Morgan fingerprint density at radius 2 is 1.76 bits per heavy atom. The molecule has 0 aliphatic rings. The molecule has 1 rings (SSSR count). The van der Waals surface area contributed by atoms with Crippen molar-refractivity contribution in [1.82, 2.24) is 5.32 Å². The van der Waals surface area contributed by atoms with Crippen molar-refractivity contribution in [2.45, 2.75) is 40.2 Å². The molecule has 0 saturated carbocycles. The fraction of sp³-hybridized carbons (Fsp3) is 0.500. The summed E-state index contributed by atoms with van der Waals surface area (Å²) in [5.74, 6) is -0.286. The summed E-state index contributed by atoms with van der Waals surface area (Å²) in [5, 5.41) is 5.40. The SMILES string of the molecule is CCOC(=O)N[C@@H](C(=O)Nc1ccc(CC)cc1)C(C)C. The molecule has 0 saturated heterocycles. The minimum Gasteiger partial charge on any atom is -0.450 e. The molecule has 116 valence electrons. The highest BCUT2D eigenvalue weighted by atomic mass is 16.5. The van der Waals surface area contributed by atoms with Crippen LogP contribution < -0.4 is 10.6 Å². The maximum Gasteiger partial charge on any atom is 0.407 e. The average molecular weight is 292 g/mol. The number of benzene rings is 1. The molecule has 0 fully saturated rings. The monoisotopic (exact) mass is 292 g/mol. The van der Waals surface area contributed by atoms with Gasteiger partial charge in [0, 0.05) is 5.69 Å². The lowest BCUT2D eigenvalue weighted by atomic mass is 10.0. The van der Waals surface area contributed by atoms with E-state index in [1.807, 2.05) is 38.1 Å². The van der Waals surface area contributed by atoms with Gasteiger partial charge in [0.25, 0.3) is 0 Å². The van der Waals surface area contributed by atoms with Gasteiger partial charge in [0.05, 0.1) is 6.61 Å². The number of nitrogens with one attached hydrogen (secondary N) is 2. The molecule has 0 unspecified atom stereocenters. The van der Waals surface area contributed by atoms with Gasteiger partial charge < -0.3 is 15.4 Å². The third kappa shape index (κ3) is 5.45. The van der Waals surface area contributed by atoms with Gasteiger partial charge in [-0.3, -0.25) is 4.79 Å². The van der Waals surface area contributed by atoms with Gasteiger partial charge in [-0.15, -0.1) is 0 Å². The highest BCUT2D eigenvalue weighted by Crippen LogP contribution is 2.12. The van der Waals surface area contributed by atoms with Gasteiger partial charge >= 0.3 is 6.09 Å². The first kappa shape index (κ1) is 17.0. The van der Waals surface area contributed by atoms with Gasteiger partial charge in [0.2, 0.25) is 5.91 Å². The number of carbonyl (C=O) groups excluding carboxylic acids is 2. The van der Waals surface area contributed by atoms with Crippen molar-refractivity contribution >= 4 is 17.7 Å². The van der Waals surface area contributed by atoms with E-state index in [-0.39, 0.29) is 18.4 Å². The van der Waals surface area contributed by atoms with Gasteiger partial charge in [-0.05, 0) is 37.0 Å². The van der Waals surface area contributed by atoms with Crippen LogP contribution in [0, 0.1) is 5.92 Å². The van der Waals surface area contributed by atoms with E-state index < -0.39 is 12.1 Å². The van der Waals surface area contributed by atoms with Crippen molar-refractivity contribution < 1.29 is 14.3 Å². The number of amides is 2. The minimum atomic E-state index is -0.630. The van der Waals surface area contributed by atoms with Gasteiger partial charge in [0.15, 0.2) is 0 Å². The molecule has 0 radical (unpaired) electrons. The molecule has 1 aromatic rings. The highest BCUT2D eigenvalue weighted by Gasteiger charge is 2.24. The van der Waals surface area contributed by atoms with Gasteiger partial charge in [-0.1, -0.05) is 32.9 Å². The molecular weight excluding hydrogens is 268 g/mol. The molecule has 5 nitrogen and oxygen atoms in total. The van der Waals surface area contributed by atoms with Crippen molar-refractivity contribution in [2.24, 2.45) is 5.92 Å². The molecule has 21 heavy (non-hydrogen) atoms. The van der Waals surface area contributed by atoms with E-state index in [2.05, 4.69) is 17.6 Å². The Bertz CT molecular complexity index is 469. The number of carbonyl (C=O) groups is 2. The Morgan fingerprint density at radius 3 is 2.24 bits per heavy atom. The van der Waals surface area contributed by atoms with Crippen molar-refractivity contribution in [2.75, 3.05) is 11.9 Å². The summed E-state index contributed by atoms with van der Waals surface area (Å²) in [7, 11) is 0. The fourth-order valence-corrected chi connectivity index (χ4v) is 1.88.